The molecule has 1 N–H and O–H groups in total. The van der Waals surface area contributed by atoms with E-state index in [-0.39, 0.29) is 12.6 Å². The second kappa shape index (κ2) is 9.53. The number of aliphatic hydroxyl groups is 1. The maximum absolute atomic E-state index is 10.2. The largest absolute Gasteiger partial charge is 0.395 e. The summed E-state index contributed by atoms with van der Waals surface area (Å²) >= 11 is 0. The molecule has 0 aliphatic carbocycles. The quantitative estimate of drug-likeness (QED) is 0.652. The van der Waals surface area contributed by atoms with Crippen molar-refractivity contribution < 1.29 is 5.11 Å². The number of aromatic nitrogens is 1. The third kappa shape index (κ3) is 4.36. The lowest BCUT2D eigenvalue weighted by atomic mass is 9.74. The minimum Gasteiger partial charge on any atom is -0.395 e. The predicted octanol–water partition coefficient (Wildman–Crippen LogP) is 4.48. The summed E-state index contributed by atoms with van der Waals surface area (Å²) in [5.74, 6) is 0.379. The summed E-state index contributed by atoms with van der Waals surface area (Å²) in [7, 11) is 0. The van der Waals surface area contributed by atoms with Gasteiger partial charge in [0, 0.05) is 43.5 Å². The van der Waals surface area contributed by atoms with Crippen LogP contribution in [0, 0.1) is 6.92 Å². The number of rotatable bonds is 5. The topological polar surface area (TPSA) is 39.6 Å². The van der Waals surface area contributed by atoms with Crippen LogP contribution in [0.2, 0.25) is 0 Å². The van der Waals surface area contributed by atoms with E-state index in [2.05, 4.69) is 82.4 Å². The van der Waals surface area contributed by atoms with Gasteiger partial charge in [0.05, 0.1) is 6.61 Å². The Morgan fingerprint density at radius 3 is 2.47 bits per heavy atom. The van der Waals surface area contributed by atoms with Crippen molar-refractivity contribution in [2.45, 2.75) is 44.3 Å². The first-order chi connectivity index (χ1) is 15.7. The Morgan fingerprint density at radius 2 is 1.72 bits per heavy atom. The van der Waals surface area contributed by atoms with Gasteiger partial charge in [-0.05, 0) is 67.2 Å². The standard InChI is InChI=1S/C28H33N3O/c1-21-5-4-6-25(17-21)23-7-9-24(10-8-23)28-26-19-30(18-22-11-13-29-14-12-22)15-2-3-16-31(26)27(28)20-32/h4-14,17,26-28,32H,2-3,15-16,18-20H2,1H3/t26-,27-,28+/m1/s1. The monoisotopic (exact) mass is 427 g/mol. The molecule has 3 aromatic rings. The van der Waals surface area contributed by atoms with Crippen LogP contribution in [0.25, 0.3) is 11.1 Å². The SMILES string of the molecule is Cc1cccc(-c2ccc([C@@H]3[C@@H](CO)N4CCCCN(Cc5ccncc5)C[C@H]34)cc2)c1. The zero-order valence-electron chi connectivity index (χ0n) is 18.9. The van der Waals surface area contributed by atoms with Gasteiger partial charge in [-0.1, -0.05) is 54.1 Å². The van der Waals surface area contributed by atoms with E-state index in [0.29, 0.717) is 12.0 Å². The molecule has 0 amide bonds. The molecule has 3 atom stereocenters. The van der Waals surface area contributed by atoms with Crippen LogP contribution in [0.1, 0.15) is 35.4 Å². The van der Waals surface area contributed by atoms with Gasteiger partial charge in [-0.25, -0.2) is 0 Å². The van der Waals surface area contributed by atoms with E-state index in [9.17, 15) is 5.11 Å². The van der Waals surface area contributed by atoms with Gasteiger partial charge in [-0.15, -0.1) is 0 Å². The Kier molecular flexibility index (Phi) is 6.35. The molecule has 2 aromatic carbocycles. The number of hydrogen-bond acceptors (Lipinski definition) is 4. The van der Waals surface area contributed by atoms with Crippen molar-refractivity contribution in [3.05, 3.63) is 89.7 Å². The number of hydrogen-bond donors (Lipinski definition) is 1. The second-order valence-corrected chi connectivity index (χ2v) is 9.37. The second-order valence-electron chi connectivity index (χ2n) is 9.37. The highest BCUT2D eigenvalue weighted by atomic mass is 16.3. The Hall–Kier alpha value is -2.53. The van der Waals surface area contributed by atoms with Gasteiger partial charge < -0.3 is 5.11 Å². The number of fused-ring (bicyclic) bond motifs is 1. The number of aliphatic hydroxyl groups excluding tert-OH is 1. The Labute approximate surface area is 191 Å². The third-order valence-electron chi connectivity index (χ3n) is 7.26. The van der Waals surface area contributed by atoms with Gasteiger partial charge in [0.2, 0.25) is 0 Å². The molecule has 2 saturated heterocycles. The molecule has 3 heterocycles. The van der Waals surface area contributed by atoms with E-state index >= 15 is 0 Å². The minimum atomic E-state index is 0.227. The highest BCUT2D eigenvalue weighted by molar-refractivity contribution is 5.64. The number of nitrogens with zero attached hydrogens (tertiary/aromatic N) is 3. The van der Waals surface area contributed by atoms with E-state index < -0.39 is 0 Å². The lowest BCUT2D eigenvalue weighted by molar-refractivity contribution is -0.0655. The summed E-state index contributed by atoms with van der Waals surface area (Å²) in [5, 5.41) is 10.2. The Morgan fingerprint density at radius 1 is 0.938 bits per heavy atom. The van der Waals surface area contributed by atoms with Crippen LogP contribution in [0.15, 0.2) is 73.1 Å². The molecule has 2 aliphatic heterocycles. The summed E-state index contributed by atoms with van der Waals surface area (Å²) < 4.78 is 0. The normalized spacial score (nSPS) is 24.2. The first kappa shape index (κ1) is 21.3. The van der Waals surface area contributed by atoms with Crippen LogP contribution >= 0.6 is 0 Å². The number of benzene rings is 2. The van der Waals surface area contributed by atoms with Crippen molar-refractivity contribution >= 4 is 0 Å². The third-order valence-corrected chi connectivity index (χ3v) is 7.26. The molecule has 0 bridgehead atoms. The van der Waals surface area contributed by atoms with Crippen LogP contribution in [0.5, 0.6) is 0 Å². The maximum Gasteiger partial charge on any atom is 0.0593 e. The van der Waals surface area contributed by atoms with Crippen molar-refractivity contribution in [3.63, 3.8) is 0 Å². The molecule has 0 radical (unpaired) electrons. The van der Waals surface area contributed by atoms with Crippen LogP contribution < -0.4 is 0 Å². The molecule has 0 spiro atoms. The average Bonchev–Trinajstić information content (AvgIpc) is 2.81. The van der Waals surface area contributed by atoms with Crippen LogP contribution in [-0.2, 0) is 6.54 Å². The van der Waals surface area contributed by atoms with Gasteiger partial charge in [-0.2, -0.15) is 0 Å². The molecule has 2 fully saturated rings. The van der Waals surface area contributed by atoms with Crippen LogP contribution in [-0.4, -0.2) is 58.2 Å². The van der Waals surface area contributed by atoms with E-state index in [1.54, 1.807) is 0 Å². The van der Waals surface area contributed by atoms with Crippen molar-refractivity contribution in [2.75, 3.05) is 26.2 Å². The molecule has 2 aliphatic rings. The van der Waals surface area contributed by atoms with Gasteiger partial charge >= 0.3 is 0 Å². The van der Waals surface area contributed by atoms with Gasteiger partial charge in [0.15, 0.2) is 0 Å². The van der Waals surface area contributed by atoms with Gasteiger partial charge in [0.25, 0.3) is 0 Å². The fraction of sp³-hybridized carbons (Fsp3) is 0.393. The molecule has 1 aromatic heterocycles. The van der Waals surface area contributed by atoms with Crippen molar-refractivity contribution in [1.29, 1.82) is 0 Å². The van der Waals surface area contributed by atoms with Crippen molar-refractivity contribution in [1.82, 2.24) is 14.8 Å². The zero-order chi connectivity index (χ0) is 21.9. The number of aryl methyl sites for hydroxylation is 1. The fourth-order valence-corrected chi connectivity index (χ4v) is 5.62. The van der Waals surface area contributed by atoms with E-state index in [1.165, 1.54) is 40.7 Å². The van der Waals surface area contributed by atoms with Gasteiger partial charge in [0.1, 0.15) is 0 Å². The highest BCUT2D eigenvalue weighted by Gasteiger charge is 2.48. The molecule has 0 saturated carbocycles. The molecule has 166 valence electrons. The molecule has 4 heteroatoms. The smallest absolute Gasteiger partial charge is 0.0593 e. The molecule has 32 heavy (non-hydrogen) atoms. The molecule has 4 nitrogen and oxygen atoms in total. The highest BCUT2D eigenvalue weighted by Crippen LogP contribution is 2.42. The van der Waals surface area contributed by atoms with Crippen LogP contribution in [0.4, 0.5) is 0 Å². The lowest BCUT2D eigenvalue weighted by Crippen LogP contribution is -2.67. The minimum absolute atomic E-state index is 0.227. The van der Waals surface area contributed by atoms with E-state index in [0.717, 1.165) is 26.2 Å². The fourth-order valence-electron chi connectivity index (χ4n) is 5.62. The molecular formula is C28H33N3O. The Balaban J connectivity index is 1.36. The van der Waals surface area contributed by atoms with E-state index in [1.807, 2.05) is 12.4 Å². The Bertz CT molecular complexity index is 1020. The van der Waals surface area contributed by atoms with Crippen molar-refractivity contribution in [2.24, 2.45) is 0 Å². The summed E-state index contributed by atoms with van der Waals surface area (Å²) in [4.78, 5) is 9.31. The molecular weight excluding hydrogens is 394 g/mol. The summed E-state index contributed by atoms with van der Waals surface area (Å²) in [6.07, 6.45) is 6.17. The molecule has 5 rings (SSSR count). The van der Waals surface area contributed by atoms with E-state index in [4.69, 9.17) is 0 Å². The van der Waals surface area contributed by atoms with Crippen LogP contribution in [0.3, 0.4) is 0 Å². The predicted molar refractivity (Wildman–Crippen MR) is 129 cm³/mol. The molecule has 0 unspecified atom stereocenters. The maximum atomic E-state index is 10.2. The number of pyridine rings is 1. The lowest BCUT2D eigenvalue weighted by Gasteiger charge is -2.57. The summed E-state index contributed by atoms with van der Waals surface area (Å²) in [5.41, 5.74) is 6.48. The first-order valence-corrected chi connectivity index (χ1v) is 11.9. The summed E-state index contributed by atoms with van der Waals surface area (Å²) in [6, 6.07) is 22.7. The van der Waals surface area contributed by atoms with Crippen molar-refractivity contribution in [3.8, 4) is 11.1 Å². The average molecular weight is 428 g/mol. The summed E-state index contributed by atoms with van der Waals surface area (Å²) in [6.45, 7) is 6.61. The first-order valence-electron chi connectivity index (χ1n) is 11.9. The van der Waals surface area contributed by atoms with Gasteiger partial charge in [-0.3, -0.25) is 14.8 Å². The zero-order valence-corrected chi connectivity index (χ0v) is 18.9.